The standard InChI is InChI=1S/C15H16OS/c1-17-14-9-5-8-13(15(14)16)11-10-12-6-3-2-4-7-12/h2-9,16H,10-11H2,1H3. The van der Waals surface area contributed by atoms with Crippen molar-refractivity contribution in [3.63, 3.8) is 0 Å². The van der Waals surface area contributed by atoms with Gasteiger partial charge in [-0.3, -0.25) is 0 Å². The summed E-state index contributed by atoms with van der Waals surface area (Å²) in [4.78, 5) is 0.954. The fourth-order valence-corrected chi connectivity index (χ4v) is 2.40. The van der Waals surface area contributed by atoms with E-state index in [0.29, 0.717) is 5.75 Å². The van der Waals surface area contributed by atoms with Crippen LogP contribution >= 0.6 is 11.8 Å². The average Bonchev–Trinajstić information content (AvgIpc) is 2.39. The predicted octanol–water partition coefficient (Wildman–Crippen LogP) is 3.90. The zero-order valence-corrected chi connectivity index (χ0v) is 10.7. The van der Waals surface area contributed by atoms with Crippen molar-refractivity contribution in [2.45, 2.75) is 17.7 Å². The SMILES string of the molecule is CSc1cccc(CCc2ccccc2)c1O. The molecule has 2 rings (SSSR count). The third-order valence-electron chi connectivity index (χ3n) is 2.83. The first-order valence-corrected chi connectivity index (χ1v) is 6.92. The maximum Gasteiger partial charge on any atom is 0.132 e. The Morgan fingerprint density at radius 1 is 0.941 bits per heavy atom. The van der Waals surface area contributed by atoms with Crippen molar-refractivity contribution in [2.24, 2.45) is 0 Å². The van der Waals surface area contributed by atoms with Gasteiger partial charge in [-0.05, 0) is 36.3 Å². The van der Waals surface area contributed by atoms with E-state index in [1.807, 2.05) is 42.7 Å². The lowest BCUT2D eigenvalue weighted by Crippen LogP contribution is -1.92. The van der Waals surface area contributed by atoms with E-state index in [2.05, 4.69) is 12.1 Å². The highest BCUT2D eigenvalue weighted by Gasteiger charge is 2.05. The van der Waals surface area contributed by atoms with E-state index >= 15 is 0 Å². The molecule has 0 heterocycles. The fraction of sp³-hybridized carbons (Fsp3) is 0.200. The molecule has 0 saturated heterocycles. The molecule has 0 saturated carbocycles. The van der Waals surface area contributed by atoms with Crippen LogP contribution < -0.4 is 0 Å². The van der Waals surface area contributed by atoms with Crippen molar-refractivity contribution in [1.82, 2.24) is 0 Å². The highest BCUT2D eigenvalue weighted by molar-refractivity contribution is 7.98. The van der Waals surface area contributed by atoms with Gasteiger partial charge in [0.05, 0.1) is 0 Å². The number of hydrogen-bond donors (Lipinski definition) is 1. The Morgan fingerprint density at radius 3 is 2.41 bits per heavy atom. The van der Waals surface area contributed by atoms with Crippen molar-refractivity contribution < 1.29 is 5.11 Å². The van der Waals surface area contributed by atoms with Crippen molar-refractivity contribution in [3.05, 3.63) is 59.7 Å². The monoisotopic (exact) mass is 244 g/mol. The zero-order valence-electron chi connectivity index (χ0n) is 9.89. The molecule has 0 fully saturated rings. The lowest BCUT2D eigenvalue weighted by atomic mass is 10.0. The molecule has 2 heteroatoms. The van der Waals surface area contributed by atoms with Gasteiger partial charge in [0.15, 0.2) is 0 Å². The molecular weight excluding hydrogens is 228 g/mol. The molecule has 0 amide bonds. The van der Waals surface area contributed by atoms with Crippen LogP contribution in [0.1, 0.15) is 11.1 Å². The zero-order chi connectivity index (χ0) is 12.1. The summed E-state index contributed by atoms with van der Waals surface area (Å²) < 4.78 is 0. The minimum absolute atomic E-state index is 0.441. The van der Waals surface area contributed by atoms with E-state index < -0.39 is 0 Å². The van der Waals surface area contributed by atoms with Crippen molar-refractivity contribution >= 4 is 11.8 Å². The number of benzene rings is 2. The van der Waals surface area contributed by atoms with Gasteiger partial charge in [-0.2, -0.15) is 0 Å². The number of aryl methyl sites for hydroxylation is 2. The van der Waals surface area contributed by atoms with E-state index in [0.717, 1.165) is 23.3 Å². The first-order valence-electron chi connectivity index (χ1n) is 5.70. The molecule has 88 valence electrons. The molecule has 0 aliphatic heterocycles. The van der Waals surface area contributed by atoms with Crippen molar-refractivity contribution in [3.8, 4) is 5.75 Å². The molecular formula is C15H16OS. The summed E-state index contributed by atoms with van der Waals surface area (Å²) in [5.74, 6) is 0.441. The summed E-state index contributed by atoms with van der Waals surface area (Å²) in [6, 6.07) is 16.3. The van der Waals surface area contributed by atoms with Gasteiger partial charge in [-0.1, -0.05) is 42.5 Å². The second kappa shape index (κ2) is 5.78. The number of phenolic OH excluding ortho intramolecular Hbond substituents is 1. The summed E-state index contributed by atoms with van der Waals surface area (Å²) in [5.41, 5.74) is 2.34. The van der Waals surface area contributed by atoms with Crippen LogP contribution in [0.3, 0.4) is 0 Å². The summed E-state index contributed by atoms with van der Waals surface area (Å²) in [6.07, 6.45) is 3.83. The van der Waals surface area contributed by atoms with Gasteiger partial charge in [0.2, 0.25) is 0 Å². The Hall–Kier alpha value is -1.41. The van der Waals surface area contributed by atoms with E-state index in [1.54, 1.807) is 11.8 Å². The molecule has 2 aromatic carbocycles. The summed E-state index contributed by atoms with van der Waals surface area (Å²) >= 11 is 1.58. The molecule has 0 radical (unpaired) electrons. The minimum Gasteiger partial charge on any atom is -0.506 e. The van der Waals surface area contributed by atoms with E-state index in [4.69, 9.17) is 0 Å². The molecule has 0 bridgehead atoms. The normalized spacial score (nSPS) is 10.4. The van der Waals surface area contributed by atoms with Gasteiger partial charge < -0.3 is 5.11 Å². The van der Waals surface area contributed by atoms with Crippen molar-refractivity contribution in [2.75, 3.05) is 6.26 Å². The highest BCUT2D eigenvalue weighted by atomic mass is 32.2. The minimum atomic E-state index is 0.441. The maximum atomic E-state index is 10.0. The molecule has 1 N–H and O–H groups in total. The lowest BCUT2D eigenvalue weighted by Gasteiger charge is -2.08. The molecule has 0 spiro atoms. The number of hydrogen-bond acceptors (Lipinski definition) is 2. The van der Waals surface area contributed by atoms with Gasteiger partial charge in [0, 0.05) is 4.90 Å². The number of phenols is 1. The lowest BCUT2D eigenvalue weighted by molar-refractivity contribution is 0.455. The quantitative estimate of drug-likeness (QED) is 0.823. The third kappa shape index (κ3) is 3.04. The Labute approximate surface area is 107 Å². The molecule has 0 aromatic heterocycles. The topological polar surface area (TPSA) is 20.2 Å². The van der Waals surface area contributed by atoms with Crippen LogP contribution in [0.2, 0.25) is 0 Å². The van der Waals surface area contributed by atoms with Gasteiger partial charge in [0.25, 0.3) is 0 Å². The van der Waals surface area contributed by atoms with Gasteiger partial charge >= 0.3 is 0 Å². The highest BCUT2D eigenvalue weighted by Crippen LogP contribution is 2.30. The van der Waals surface area contributed by atoms with Crippen LogP contribution in [-0.4, -0.2) is 11.4 Å². The smallest absolute Gasteiger partial charge is 0.132 e. The first-order chi connectivity index (χ1) is 8.31. The second-order valence-corrected chi connectivity index (χ2v) is 4.80. The maximum absolute atomic E-state index is 10.0. The Kier molecular flexibility index (Phi) is 4.10. The van der Waals surface area contributed by atoms with E-state index in [9.17, 15) is 5.11 Å². The number of aromatic hydroxyl groups is 1. The van der Waals surface area contributed by atoms with Gasteiger partial charge in [0.1, 0.15) is 5.75 Å². The van der Waals surface area contributed by atoms with Crippen LogP contribution in [0.25, 0.3) is 0 Å². The van der Waals surface area contributed by atoms with Crippen LogP contribution in [0, 0.1) is 0 Å². The molecule has 0 aliphatic rings. The Bertz CT molecular complexity index is 480. The Morgan fingerprint density at radius 2 is 1.71 bits per heavy atom. The molecule has 17 heavy (non-hydrogen) atoms. The molecule has 0 atom stereocenters. The number of thioether (sulfide) groups is 1. The first kappa shape index (κ1) is 12.1. The third-order valence-corrected chi connectivity index (χ3v) is 3.60. The van der Waals surface area contributed by atoms with Gasteiger partial charge in [-0.25, -0.2) is 0 Å². The molecule has 0 aliphatic carbocycles. The molecule has 1 nitrogen and oxygen atoms in total. The van der Waals surface area contributed by atoms with Crippen LogP contribution in [0.15, 0.2) is 53.4 Å². The van der Waals surface area contributed by atoms with Crippen molar-refractivity contribution in [1.29, 1.82) is 0 Å². The fourth-order valence-electron chi connectivity index (χ4n) is 1.86. The second-order valence-electron chi connectivity index (χ2n) is 3.95. The van der Waals surface area contributed by atoms with E-state index in [1.165, 1.54) is 5.56 Å². The largest absolute Gasteiger partial charge is 0.506 e. The summed E-state index contributed by atoms with van der Waals surface area (Å²) in [7, 11) is 0. The molecule has 2 aromatic rings. The summed E-state index contributed by atoms with van der Waals surface area (Å²) in [6.45, 7) is 0. The molecule has 0 unspecified atom stereocenters. The van der Waals surface area contributed by atoms with E-state index in [-0.39, 0.29) is 0 Å². The number of para-hydroxylation sites is 1. The average molecular weight is 244 g/mol. The Balaban J connectivity index is 2.09. The summed E-state index contributed by atoms with van der Waals surface area (Å²) in [5, 5.41) is 10.0. The van der Waals surface area contributed by atoms with Gasteiger partial charge in [-0.15, -0.1) is 11.8 Å². The predicted molar refractivity (Wildman–Crippen MR) is 73.7 cm³/mol. The van der Waals surface area contributed by atoms with Crippen LogP contribution in [-0.2, 0) is 12.8 Å². The number of rotatable bonds is 4. The van der Waals surface area contributed by atoms with Crippen LogP contribution in [0.5, 0.6) is 5.75 Å². The van der Waals surface area contributed by atoms with Crippen LogP contribution in [0.4, 0.5) is 0 Å².